The van der Waals surface area contributed by atoms with Crippen LogP contribution in [-0.4, -0.2) is 61.0 Å². The molecule has 2 aliphatic rings. The van der Waals surface area contributed by atoms with E-state index < -0.39 is 11.7 Å². The molecule has 4 rings (SSSR count). The highest BCUT2D eigenvalue weighted by molar-refractivity contribution is 5.94. The van der Waals surface area contributed by atoms with Crippen LogP contribution in [0, 0.1) is 5.82 Å². The van der Waals surface area contributed by atoms with Crippen molar-refractivity contribution in [2.45, 2.75) is 25.1 Å². The Morgan fingerprint density at radius 2 is 1.52 bits per heavy atom. The van der Waals surface area contributed by atoms with E-state index in [1.807, 2.05) is 0 Å². The average Bonchev–Trinajstić information content (AvgIpc) is 2.79. The van der Waals surface area contributed by atoms with Crippen LogP contribution in [0.1, 0.15) is 28.8 Å². The minimum absolute atomic E-state index is 0.219. The predicted octanol–water partition coefficient (Wildman–Crippen LogP) is 4.27. The van der Waals surface area contributed by atoms with E-state index in [4.69, 9.17) is 0 Å². The molecule has 0 aromatic heterocycles. The Morgan fingerprint density at radius 1 is 0.871 bits per heavy atom. The lowest BCUT2D eigenvalue weighted by Gasteiger charge is -2.44. The summed E-state index contributed by atoms with van der Waals surface area (Å²) in [4.78, 5) is 19.2. The second-order valence-electron chi connectivity index (χ2n) is 8.12. The number of piperidine rings is 1. The minimum atomic E-state index is -4.41. The topological polar surface area (TPSA) is 26.8 Å². The monoisotopic (exact) mass is 435 g/mol. The summed E-state index contributed by atoms with van der Waals surface area (Å²) >= 11 is 0. The number of carbonyl (C=O) groups excluding carboxylic acids is 1. The summed E-state index contributed by atoms with van der Waals surface area (Å²) in [7, 11) is 0. The molecule has 2 saturated heterocycles. The summed E-state index contributed by atoms with van der Waals surface area (Å²) in [5.41, 5.74) is 0.540. The number of likely N-dealkylation sites (tertiary alicyclic amines) is 1. The largest absolute Gasteiger partial charge is 0.416 e. The molecule has 1 atom stereocenters. The third-order valence-electron chi connectivity index (χ3n) is 6.17. The van der Waals surface area contributed by atoms with Crippen molar-refractivity contribution in [1.29, 1.82) is 0 Å². The maximum Gasteiger partial charge on any atom is 0.416 e. The van der Waals surface area contributed by atoms with Crippen LogP contribution in [-0.2, 0) is 6.18 Å². The van der Waals surface area contributed by atoms with Gasteiger partial charge in [0.2, 0.25) is 0 Å². The highest BCUT2D eigenvalue weighted by Crippen LogP contribution is 2.29. The summed E-state index contributed by atoms with van der Waals surface area (Å²) in [5.74, 6) is -0.467. The van der Waals surface area contributed by atoms with Gasteiger partial charge in [-0.15, -0.1) is 0 Å². The summed E-state index contributed by atoms with van der Waals surface area (Å²) in [5, 5.41) is 0. The first-order valence-corrected chi connectivity index (χ1v) is 10.5. The SMILES string of the molecule is O=C(c1ccc(C(F)(F)F)cc1)N1CCCC(N2CCN(c3ccc(F)cc3)CC2)C1. The fraction of sp³-hybridized carbons (Fsp3) is 0.435. The van der Waals surface area contributed by atoms with Crippen molar-refractivity contribution in [2.24, 2.45) is 0 Å². The van der Waals surface area contributed by atoms with E-state index in [0.717, 1.165) is 56.8 Å². The molecule has 1 unspecified atom stereocenters. The Balaban J connectivity index is 1.34. The fourth-order valence-electron chi connectivity index (χ4n) is 4.42. The number of piperazine rings is 1. The zero-order valence-corrected chi connectivity index (χ0v) is 17.1. The van der Waals surface area contributed by atoms with E-state index >= 15 is 0 Å². The van der Waals surface area contributed by atoms with Crippen LogP contribution in [0.2, 0.25) is 0 Å². The van der Waals surface area contributed by atoms with Crippen LogP contribution in [0.5, 0.6) is 0 Å². The van der Waals surface area contributed by atoms with Gasteiger partial charge in [0.15, 0.2) is 0 Å². The molecule has 0 saturated carbocycles. The highest BCUT2D eigenvalue weighted by atomic mass is 19.4. The number of benzene rings is 2. The summed E-state index contributed by atoms with van der Waals surface area (Å²) in [6.45, 7) is 4.56. The van der Waals surface area contributed by atoms with Crippen LogP contribution in [0.15, 0.2) is 48.5 Å². The highest BCUT2D eigenvalue weighted by Gasteiger charge is 2.32. The van der Waals surface area contributed by atoms with E-state index in [1.165, 1.54) is 24.3 Å². The maximum atomic E-state index is 13.1. The number of hydrogen-bond donors (Lipinski definition) is 0. The summed E-state index contributed by atoms with van der Waals surface area (Å²) in [6, 6.07) is 11.2. The van der Waals surface area contributed by atoms with Crippen molar-refractivity contribution < 1.29 is 22.4 Å². The number of rotatable bonds is 3. The number of amides is 1. The van der Waals surface area contributed by atoms with E-state index in [0.29, 0.717) is 13.1 Å². The first-order valence-electron chi connectivity index (χ1n) is 10.5. The molecule has 8 heteroatoms. The minimum Gasteiger partial charge on any atom is -0.369 e. The van der Waals surface area contributed by atoms with E-state index in [-0.39, 0.29) is 23.3 Å². The quantitative estimate of drug-likeness (QED) is 0.674. The Bertz CT molecular complexity index is 891. The molecular formula is C23H25F4N3O. The van der Waals surface area contributed by atoms with Crippen LogP contribution in [0.25, 0.3) is 0 Å². The van der Waals surface area contributed by atoms with Gasteiger partial charge in [-0.3, -0.25) is 9.69 Å². The van der Waals surface area contributed by atoms with Crippen molar-refractivity contribution >= 4 is 11.6 Å². The number of halogens is 4. The van der Waals surface area contributed by atoms with Crippen LogP contribution >= 0.6 is 0 Å². The summed E-state index contributed by atoms with van der Waals surface area (Å²) < 4.78 is 51.4. The van der Waals surface area contributed by atoms with Gasteiger partial charge in [0.25, 0.3) is 5.91 Å². The van der Waals surface area contributed by atoms with Gasteiger partial charge in [-0.2, -0.15) is 13.2 Å². The Kier molecular flexibility index (Phi) is 6.18. The third kappa shape index (κ3) is 5.01. The first-order chi connectivity index (χ1) is 14.8. The van der Waals surface area contributed by atoms with Gasteiger partial charge in [-0.05, 0) is 61.4 Å². The van der Waals surface area contributed by atoms with Crippen molar-refractivity contribution in [3.8, 4) is 0 Å². The molecule has 0 bridgehead atoms. The normalized spacial score (nSPS) is 20.7. The van der Waals surface area contributed by atoms with Gasteiger partial charge < -0.3 is 9.80 Å². The van der Waals surface area contributed by atoms with Crippen molar-refractivity contribution in [3.05, 3.63) is 65.5 Å². The number of hydrogen-bond acceptors (Lipinski definition) is 3. The van der Waals surface area contributed by atoms with Gasteiger partial charge in [-0.25, -0.2) is 4.39 Å². The Labute approximate surface area is 179 Å². The standard InChI is InChI=1S/C23H25F4N3O/c24-19-7-9-20(10-8-19)28-12-14-29(15-13-28)21-2-1-11-30(16-21)22(31)17-3-5-18(6-4-17)23(25,26)27/h3-10,21H,1-2,11-16H2. The van der Waals surface area contributed by atoms with Gasteiger partial charge in [0.1, 0.15) is 5.82 Å². The first kappa shape index (κ1) is 21.6. The Morgan fingerprint density at radius 3 is 2.13 bits per heavy atom. The molecule has 2 aromatic rings. The Hall–Kier alpha value is -2.61. The molecule has 31 heavy (non-hydrogen) atoms. The second kappa shape index (κ2) is 8.86. The molecule has 0 aliphatic carbocycles. The predicted molar refractivity (Wildman–Crippen MR) is 111 cm³/mol. The summed E-state index contributed by atoms with van der Waals surface area (Å²) in [6.07, 6.45) is -2.55. The molecular weight excluding hydrogens is 410 g/mol. The fourth-order valence-corrected chi connectivity index (χ4v) is 4.42. The molecule has 4 nitrogen and oxygen atoms in total. The van der Waals surface area contributed by atoms with Gasteiger partial charge in [0.05, 0.1) is 5.56 Å². The van der Waals surface area contributed by atoms with E-state index in [1.54, 1.807) is 17.0 Å². The van der Waals surface area contributed by atoms with E-state index in [2.05, 4.69) is 9.80 Å². The molecule has 2 aromatic carbocycles. The smallest absolute Gasteiger partial charge is 0.369 e. The molecule has 0 N–H and O–H groups in total. The van der Waals surface area contributed by atoms with Crippen molar-refractivity contribution in [1.82, 2.24) is 9.80 Å². The van der Waals surface area contributed by atoms with Crippen LogP contribution in [0.4, 0.5) is 23.2 Å². The zero-order chi connectivity index (χ0) is 22.0. The number of alkyl halides is 3. The lowest BCUT2D eigenvalue weighted by atomic mass is 10.0. The maximum absolute atomic E-state index is 13.1. The average molecular weight is 435 g/mol. The molecule has 0 spiro atoms. The molecule has 1 amide bonds. The van der Waals surface area contributed by atoms with Gasteiger partial charge in [0, 0.05) is 56.6 Å². The van der Waals surface area contributed by atoms with E-state index in [9.17, 15) is 22.4 Å². The van der Waals surface area contributed by atoms with Crippen LogP contribution < -0.4 is 4.90 Å². The lowest BCUT2D eigenvalue weighted by Crippen LogP contribution is -2.55. The molecule has 2 heterocycles. The van der Waals surface area contributed by atoms with Crippen molar-refractivity contribution in [2.75, 3.05) is 44.2 Å². The number of carbonyl (C=O) groups is 1. The van der Waals surface area contributed by atoms with Gasteiger partial charge >= 0.3 is 6.18 Å². The lowest BCUT2D eigenvalue weighted by molar-refractivity contribution is -0.137. The molecule has 2 fully saturated rings. The number of anilines is 1. The van der Waals surface area contributed by atoms with Gasteiger partial charge in [-0.1, -0.05) is 0 Å². The molecule has 0 radical (unpaired) electrons. The zero-order valence-electron chi connectivity index (χ0n) is 17.1. The second-order valence-corrected chi connectivity index (χ2v) is 8.12. The number of nitrogens with zero attached hydrogens (tertiary/aromatic N) is 3. The third-order valence-corrected chi connectivity index (χ3v) is 6.17. The van der Waals surface area contributed by atoms with Crippen molar-refractivity contribution in [3.63, 3.8) is 0 Å². The van der Waals surface area contributed by atoms with Crippen LogP contribution in [0.3, 0.4) is 0 Å². The molecule has 2 aliphatic heterocycles. The molecule has 166 valence electrons.